The van der Waals surface area contributed by atoms with E-state index in [2.05, 4.69) is 34.2 Å². The van der Waals surface area contributed by atoms with Gasteiger partial charge >= 0.3 is 0 Å². The minimum absolute atomic E-state index is 0.494. The third-order valence-corrected chi connectivity index (χ3v) is 7.72. The normalized spacial score (nSPS) is 21.6. The molecule has 1 atom stereocenters. The number of hydrogen-bond acceptors (Lipinski definition) is 6. The number of nitrogens with one attached hydrogen (secondary N) is 1. The van der Waals surface area contributed by atoms with Crippen molar-refractivity contribution in [2.24, 2.45) is 0 Å². The second kappa shape index (κ2) is 10.6. The molecule has 3 aliphatic rings. The summed E-state index contributed by atoms with van der Waals surface area (Å²) in [7, 11) is 1.77. The highest BCUT2D eigenvalue weighted by Gasteiger charge is 2.25. The van der Waals surface area contributed by atoms with Crippen LogP contribution in [0.5, 0.6) is 5.75 Å². The van der Waals surface area contributed by atoms with Crippen molar-refractivity contribution in [1.82, 2.24) is 14.8 Å². The quantitative estimate of drug-likeness (QED) is 0.575. The monoisotopic (exact) mass is 452 g/mol. The lowest BCUT2D eigenvalue weighted by molar-refractivity contribution is 0.0979. The van der Waals surface area contributed by atoms with E-state index in [-0.39, 0.29) is 0 Å². The van der Waals surface area contributed by atoms with Gasteiger partial charge in [-0.05, 0) is 88.8 Å². The summed E-state index contributed by atoms with van der Waals surface area (Å²) in [5.74, 6) is 0.908. The zero-order chi connectivity index (χ0) is 22.6. The van der Waals surface area contributed by atoms with E-state index < -0.39 is 0 Å². The van der Waals surface area contributed by atoms with E-state index in [9.17, 15) is 0 Å². The van der Waals surface area contributed by atoms with E-state index in [1.165, 1.54) is 74.1 Å². The van der Waals surface area contributed by atoms with Gasteiger partial charge in [-0.25, -0.2) is 0 Å². The molecule has 0 saturated carbocycles. The smallest absolute Gasteiger partial charge is 0.125 e. The summed E-state index contributed by atoms with van der Waals surface area (Å²) in [5, 5.41) is 5.17. The molecule has 0 bridgehead atoms. The van der Waals surface area contributed by atoms with Crippen molar-refractivity contribution in [3.05, 3.63) is 29.0 Å². The molecule has 0 unspecified atom stereocenters. The predicted octanol–water partition coefficient (Wildman–Crippen LogP) is 4.24. The summed E-state index contributed by atoms with van der Waals surface area (Å²) >= 11 is 0. The number of aromatic nitrogens is 1. The molecule has 1 aromatic heterocycles. The number of likely N-dealkylation sites (tertiary alicyclic amines) is 2. The zero-order valence-corrected chi connectivity index (χ0v) is 20.5. The average molecular weight is 453 g/mol. The molecular weight excluding hydrogens is 412 g/mol. The van der Waals surface area contributed by atoms with Crippen molar-refractivity contribution < 1.29 is 9.47 Å². The molecule has 6 heteroatoms. The summed E-state index contributed by atoms with van der Waals surface area (Å²) in [6.07, 6.45) is 8.54. The third kappa shape index (κ3) is 5.13. The van der Waals surface area contributed by atoms with Crippen LogP contribution in [0.15, 0.2) is 12.1 Å². The minimum atomic E-state index is 0.494. The van der Waals surface area contributed by atoms with E-state index in [0.29, 0.717) is 12.6 Å². The molecular formula is C27H40N4O2. The molecule has 33 heavy (non-hydrogen) atoms. The Morgan fingerprint density at radius 1 is 1.06 bits per heavy atom. The van der Waals surface area contributed by atoms with Crippen molar-refractivity contribution in [2.45, 2.75) is 64.5 Å². The van der Waals surface area contributed by atoms with Gasteiger partial charge in [-0.1, -0.05) is 6.92 Å². The highest BCUT2D eigenvalue weighted by atomic mass is 16.5. The molecule has 1 aromatic carbocycles. The number of hydrogen-bond donors (Lipinski definition) is 1. The first-order valence-corrected chi connectivity index (χ1v) is 13.1. The number of pyridine rings is 1. The van der Waals surface area contributed by atoms with Crippen LogP contribution in [0.1, 0.15) is 55.8 Å². The minimum Gasteiger partial charge on any atom is -0.496 e. The molecule has 0 amide bonds. The second-order valence-electron chi connectivity index (χ2n) is 9.92. The van der Waals surface area contributed by atoms with Crippen LogP contribution in [0.25, 0.3) is 10.9 Å². The van der Waals surface area contributed by atoms with Gasteiger partial charge in [0.05, 0.1) is 25.8 Å². The Hall–Kier alpha value is -1.89. The second-order valence-corrected chi connectivity index (χ2v) is 9.92. The van der Waals surface area contributed by atoms with Gasteiger partial charge in [0.2, 0.25) is 0 Å². The van der Waals surface area contributed by atoms with Crippen LogP contribution < -0.4 is 10.1 Å². The number of methoxy groups -OCH3 is 1. The third-order valence-electron chi connectivity index (χ3n) is 7.72. The maximum absolute atomic E-state index is 6.07. The molecule has 5 rings (SSSR count). The van der Waals surface area contributed by atoms with E-state index in [0.717, 1.165) is 55.9 Å². The maximum Gasteiger partial charge on any atom is 0.125 e. The summed E-state index contributed by atoms with van der Waals surface area (Å²) in [5.41, 5.74) is 6.17. The van der Waals surface area contributed by atoms with E-state index >= 15 is 0 Å². The van der Waals surface area contributed by atoms with Crippen LogP contribution >= 0.6 is 0 Å². The lowest BCUT2D eigenvalue weighted by Crippen LogP contribution is -2.42. The first-order valence-electron chi connectivity index (χ1n) is 13.1. The van der Waals surface area contributed by atoms with Gasteiger partial charge in [-0.2, -0.15) is 0 Å². The van der Waals surface area contributed by atoms with Gasteiger partial charge in [0.1, 0.15) is 5.75 Å². The molecule has 0 radical (unpaired) electrons. The Bertz CT molecular complexity index is 957. The summed E-state index contributed by atoms with van der Waals surface area (Å²) in [6, 6.07) is 4.89. The Morgan fingerprint density at radius 2 is 1.91 bits per heavy atom. The lowest BCUT2D eigenvalue weighted by Gasteiger charge is -2.33. The molecule has 0 spiro atoms. The van der Waals surface area contributed by atoms with Crippen molar-refractivity contribution in [1.29, 1.82) is 0 Å². The van der Waals surface area contributed by atoms with Gasteiger partial charge in [0.15, 0.2) is 0 Å². The number of ether oxygens (including phenoxy) is 2. The molecule has 1 aliphatic carbocycles. The van der Waals surface area contributed by atoms with Crippen LogP contribution in [-0.2, 0) is 24.2 Å². The molecule has 6 nitrogen and oxygen atoms in total. The molecule has 2 saturated heterocycles. The molecule has 180 valence electrons. The van der Waals surface area contributed by atoms with Gasteiger partial charge in [0, 0.05) is 41.5 Å². The molecule has 2 aromatic rings. The van der Waals surface area contributed by atoms with Crippen LogP contribution in [0.2, 0.25) is 0 Å². The number of fused-ring (bicyclic) bond motifs is 2. The Morgan fingerprint density at radius 3 is 2.73 bits per heavy atom. The lowest BCUT2D eigenvalue weighted by atomic mass is 10.0. The number of piperidine rings is 1. The first kappa shape index (κ1) is 22.9. The van der Waals surface area contributed by atoms with Gasteiger partial charge in [-0.15, -0.1) is 0 Å². The number of anilines is 1. The van der Waals surface area contributed by atoms with E-state index in [4.69, 9.17) is 14.5 Å². The van der Waals surface area contributed by atoms with Crippen molar-refractivity contribution in [3.63, 3.8) is 0 Å². The number of likely N-dealkylation sites (N-methyl/N-ethyl adjacent to an activating group) is 1. The first-order chi connectivity index (χ1) is 16.2. The fourth-order valence-electron chi connectivity index (χ4n) is 5.85. The molecule has 2 fully saturated rings. The molecule has 2 aliphatic heterocycles. The largest absolute Gasteiger partial charge is 0.496 e. The fraction of sp³-hybridized carbons (Fsp3) is 0.667. The summed E-state index contributed by atoms with van der Waals surface area (Å²) in [4.78, 5) is 10.1. The highest BCUT2D eigenvalue weighted by Crippen LogP contribution is 2.38. The summed E-state index contributed by atoms with van der Waals surface area (Å²) in [6.45, 7) is 10.5. The Balaban J connectivity index is 1.38. The van der Waals surface area contributed by atoms with Gasteiger partial charge < -0.3 is 24.6 Å². The summed E-state index contributed by atoms with van der Waals surface area (Å²) < 4.78 is 11.9. The predicted molar refractivity (Wildman–Crippen MR) is 134 cm³/mol. The van der Waals surface area contributed by atoms with Crippen LogP contribution in [0.4, 0.5) is 5.69 Å². The van der Waals surface area contributed by atoms with Crippen molar-refractivity contribution in [3.8, 4) is 5.75 Å². The fourth-order valence-corrected chi connectivity index (χ4v) is 5.85. The van der Waals surface area contributed by atoms with Gasteiger partial charge in [0.25, 0.3) is 0 Å². The van der Waals surface area contributed by atoms with E-state index in [1.54, 1.807) is 7.11 Å². The SMILES string of the molecule is CCN1CCC[C@@H](Nc2c3c(nc4cc(COCCN5CCCC5)c(OC)cc24)CCC3)C1. The topological polar surface area (TPSA) is 49.9 Å². The van der Waals surface area contributed by atoms with Crippen molar-refractivity contribution >= 4 is 16.6 Å². The van der Waals surface area contributed by atoms with Crippen LogP contribution in [-0.4, -0.2) is 73.8 Å². The van der Waals surface area contributed by atoms with Crippen molar-refractivity contribution in [2.75, 3.05) is 58.3 Å². The zero-order valence-electron chi connectivity index (χ0n) is 20.5. The number of benzene rings is 1. The highest BCUT2D eigenvalue weighted by molar-refractivity contribution is 5.95. The molecule has 3 heterocycles. The maximum atomic E-state index is 6.07. The standard InChI is InChI=1S/C27H40N4O2/c1-3-30-13-7-8-21(18-30)28-27-22-9-6-10-24(22)29-25-16-20(26(32-2)17-23(25)27)19-33-15-14-31-11-4-5-12-31/h16-17,21H,3-15,18-19H2,1-2H3,(H,28,29)/t21-/m1/s1. The Kier molecular flexibility index (Phi) is 7.34. The Labute approximate surface area is 198 Å². The van der Waals surface area contributed by atoms with Crippen LogP contribution in [0, 0.1) is 0 Å². The van der Waals surface area contributed by atoms with Crippen LogP contribution in [0.3, 0.4) is 0 Å². The number of aryl methyl sites for hydroxylation is 1. The number of nitrogens with zero attached hydrogens (tertiary/aromatic N) is 3. The van der Waals surface area contributed by atoms with Gasteiger partial charge in [-0.3, -0.25) is 4.98 Å². The molecule has 1 N–H and O–H groups in total. The van der Waals surface area contributed by atoms with E-state index in [1.807, 2.05) is 0 Å². The average Bonchev–Trinajstić information content (AvgIpc) is 3.53. The number of rotatable bonds is 9.